The number of hydrogen-bond donors (Lipinski definition) is 1. The number of rotatable bonds is 3. The van der Waals surface area contributed by atoms with Gasteiger partial charge in [0.05, 0.1) is 0 Å². The number of allylic oxidation sites excluding steroid dienone is 1. The molecule has 0 saturated heterocycles. The van der Waals surface area contributed by atoms with Crippen LogP contribution in [0.15, 0.2) is 54.7 Å². The molecule has 1 N–H and O–H groups in total. The summed E-state index contributed by atoms with van der Waals surface area (Å²) in [6.07, 6.45) is 2.65. The number of carbonyl (C=O) groups is 1. The van der Waals surface area contributed by atoms with Crippen LogP contribution in [0.4, 0.5) is 0 Å². The highest BCUT2D eigenvalue weighted by Gasteiger charge is 2.02. The predicted octanol–water partition coefficient (Wildman–Crippen LogP) is 2.86. The van der Waals surface area contributed by atoms with E-state index in [1.807, 2.05) is 36.4 Å². The lowest BCUT2D eigenvalue weighted by atomic mass is 10.0. The van der Waals surface area contributed by atoms with Gasteiger partial charge in [0, 0.05) is 24.9 Å². The molecular formula is C14H13NO2. The Morgan fingerprint density at radius 1 is 1.18 bits per heavy atom. The van der Waals surface area contributed by atoms with Crippen LogP contribution in [0.3, 0.4) is 0 Å². The van der Waals surface area contributed by atoms with Crippen LogP contribution in [0.1, 0.15) is 10.4 Å². The maximum absolute atomic E-state index is 11.8. The summed E-state index contributed by atoms with van der Waals surface area (Å²) in [5, 5.41) is 11.9. The molecule has 0 aliphatic rings. The quantitative estimate of drug-likeness (QED) is 0.498. The van der Waals surface area contributed by atoms with Gasteiger partial charge in [-0.25, -0.2) is 0 Å². The summed E-state index contributed by atoms with van der Waals surface area (Å²) in [4.78, 5) is 11.8. The molecule has 2 rings (SSSR count). The van der Waals surface area contributed by atoms with E-state index >= 15 is 0 Å². The third kappa shape index (κ3) is 2.71. The zero-order valence-corrected chi connectivity index (χ0v) is 9.50. The summed E-state index contributed by atoms with van der Waals surface area (Å²) in [5.41, 5.74) is 0.613. The average Bonchev–Trinajstić information content (AvgIpc) is 2.35. The van der Waals surface area contributed by atoms with Crippen molar-refractivity contribution in [3.8, 4) is 0 Å². The second kappa shape index (κ2) is 4.80. The van der Waals surface area contributed by atoms with Crippen LogP contribution in [0.25, 0.3) is 10.8 Å². The lowest BCUT2D eigenvalue weighted by Gasteiger charge is -2.02. The highest BCUT2D eigenvalue weighted by molar-refractivity contribution is 6.06. The van der Waals surface area contributed by atoms with E-state index in [9.17, 15) is 4.79 Å². The number of carbonyl (C=O) groups excluding carboxylic acids is 1. The Hall–Kier alpha value is -2.13. The maximum Gasteiger partial charge on any atom is 0.187 e. The number of hydrogen-bond acceptors (Lipinski definition) is 3. The van der Waals surface area contributed by atoms with Gasteiger partial charge in [-0.05, 0) is 16.8 Å². The van der Waals surface area contributed by atoms with Crippen LogP contribution in [-0.2, 0) is 0 Å². The third-order valence-corrected chi connectivity index (χ3v) is 2.48. The molecule has 0 radical (unpaired) electrons. The minimum absolute atomic E-state index is 0.128. The fraction of sp³-hybridized carbons (Fsp3) is 0.0714. The van der Waals surface area contributed by atoms with Crippen molar-refractivity contribution in [3.63, 3.8) is 0 Å². The Balaban J connectivity index is 2.33. The van der Waals surface area contributed by atoms with Crippen molar-refractivity contribution in [1.29, 1.82) is 0 Å². The fourth-order valence-electron chi connectivity index (χ4n) is 1.61. The number of ketones is 1. The standard InChI is InChI=1S/C14H13NO2/c1-15(17)9-8-14(16)13-7-6-11-4-2-3-5-12(11)10-13/h2-10,17H,1H3/b9-8+. The van der Waals surface area contributed by atoms with Crippen molar-refractivity contribution in [2.24, 2.45) is 0 Å². The van der Waals surface area contributed by atoms with E-state index in [1.165, 1.54) is 19.3 Å². The number of hydroxylamine groups is 2. The minimum Gasteiger partial charge on any atom is -0.289 e. The van der Waals surface area contributed by atoms with Crippen molar-refractivity contribution in [2.75, 3.05) is 7.05 Å². The van der Waals surface area contributed by atoms with E-state index in [4.69, 9.17) is 5.21 Å². The predicted molar refractivity (Wildman–Crippen MR) is 67.0 cm³/mol. The zero-order chi connectivity index (χ0) is 12.3. The molecule has 86 valence electrons. The fourth-order valence-corrected chi connectivity index (χ4v) is 1.61. The largest absolute Gasteiger partial charge is 0.289 e. The van der Waals surface area contributed by atoms with Gasteiger partial charge in [0.1, 0.15) is 0 Å². The van der Waals surface area contributed by atoms with Crippen LogP contribution in [0.5, 0.6) is 0 Å². The molecule has 3 heteroatoms. The summed E-state index contributed by atoms with van der Waals surface area (Å²) in [7, 11) is 1.45. The van der Waals surface area contributed by atoms with Gasteiger partial charge in [0.25, 0.3) is 0 Å². The van der Waals surface area contributed by atoms with Crippen molar-refractivity contribution < 1.29 is 10.0 Å². The van der Waals surface area contributed by atoms with E-state index in [0.29, 0.717) is 5.56 Å². The van der Waals surface area contributed by atoms with Gasteiger partial charge in [-0.1, -0.05) is 36.4 Å². The lowest BCUT2D eigenvalue weighted by Crippen LogP contribution is -2.04. The summed E-state index contributed by atoms with van der Waals surface area (Å²) in [6, 6.07) is 13.4. The highest BCUT2D eigenvalue weighted by Crippen LogP contribution is 2.16. The first-order valence-corrected chi connectivity index (χ1v) is 5.30. The molecule has 0 unspecified atom stereocenters. The van der Waals surface area contributed by atoms with Gasteiger partial charge < -0.3 is 0 Å². The first-order valence-electron chi connectivity index (χ1n) is 5.30. The number of benzene rings is 2. The zero-order valence-electron chi connectivity index (χ0n) is 9.50. The van der Waals surface area contributed by atoms with Crippen LogP contribution >= 0.6 is 0 Å². The Morgan fingerprint density at radius 3 is 2.59 bits per heavy atom. The molecule has 0 fully saturated rings. The molecule has 3 nitrogen and oxygen atoms in total. The third-order valence-electron chi connectivity index (χ3n) is 2.48. The SMILES string of the molecule is CN(O)/C=C/C(=O)c1ccc2ccccc2c1. The number of fused-ring (bicyclic) bond motifs is 1. The van der Waals surface area contributed by atoms with E-state index < -0.39 is 0 Å². The topological polar surface area (TPSA) is 40.5 Å². The Bertz CT molecular complexity index is 573. The van der Waals surface area contributed by atoms with Crippen LogP contribution in [-0.4, -0.2) is 23.1 Å². The molecule has 0 heterocycles. The maximum atomic E-state index is 11.8. The van der Waals surface area contributed by atoms with E-state index in [1.54, 1.807) is 6.07 Å². The Kier molecular flexibility index (Phi) is 3.21. The molecule has 0 amide bonds. The van der Waals surface area contributed by atoms with E-state index in [-0.39, 0.29) is 5.78 Å². The number of nitrogens with zero attached hydrogens (tertiary/aromatic N) is 1. The first-order chi connectivity index (χ1) is 8.16. The van der Waals surface area contributed by atoms with Crippen molar-refractivity contribution >= 4 is 16.6 Å². The molecule has 17 heavy (non-hydrogen) atoms. The molecule has 2 aromatic carbocycles. The van der Waals surface area contributed by atoms with E-state index in [2.05, 4.69) is 0 Å². The highest BCUT2D eigenvalue weighted by atomic mass is 16.5. The van der Waals surface area contributed by atoms with Gasteiger partial charge in [0.2, 0.25) is 0 Å². The van der Waals surface area contributed by atoms with Gasteiger partial charge in [-0.15, -0.1) is 0 Å². The second-order valence-electron chi connectivity index (χ2n) is 3.82. The van der Waals surface area contributed by atoms with Gasteiger partial charge in [-0.2, -0.15) is 0 Å². The Labute approximate surface area is 99.6 Å². The van der Waals surface area contributed by atoms with Crippen molar-refractivity contribution in [3.05, 3.63) is 60.3 Å². The van der Waals surface area contributed by atoms with Crippen LogP contribution in [0.2, 0.25) is 0 Å². The van der Waals surface area contributed by atoms with Gasteiger partial charge in [0.15, 0.2) is 5.78 Å². The average molecular weight is 227 g/mol. The Morgan fingerprint density at radius 2 is 1.88 bits per heavy atom. The molecule has 0 saturated carbocycles. The minimum atomic E-state index is -0.128. The summed E-state index contributed by atoms with van der Waals surface area (Å²) >= 11 is 0. The van der Waals surface area contributed by atoms with Crippen molar-refractivity contribution in [1.82, 2.24) is 5.06 Å². The van der Waals surface area contributed by atoms with Crippen LogP contribution < -0.4 is 0 Å². The molecule has 0 aliphatic heterocycles. The lowest BCUT2D eigenvalue weighted by molar-refractivity contribution is -0.0130. The van der Waals surface area contributed by atoms with Crippen molar-refractivity contribution in [2.45, 2.75) is 0 Å². The molecule has 0 bridgehead atoms. The monoisotopic (exact) mass is 227 g/mol. The summed E-state index contributed by atoms with van der Waals surface area (Å²) in [5.74, 6) is -0.128. The second-order valence-corrected chi connectivity index (χ2v) is 3.82. The van der Waals surface area contributed by atoms with Gasteiger partial charge in [-0.3, -0.25) is 15.1 Å². The normalized spacial score (nSPS) is 10.9. The summed E-state index contributed by atoms with van der Waals surface area (Å²) in [6.45, 7) is 0. The first kappa shape index (κ1) is 11.4. The molecule has 0 spiro atoms. The van der Waals surface area contributed by atoms with Gasteiger partial charge >= 0.3 is 0 Å². The van der Waals surface area contributed by atoms with E-state index in [0.717, 1.165) is 15.8 Å². The molecular weight excluding hydrogens is 214 g/mol. The smallest absolute Gasteiger partial charge is 0.187 e. The molecule has 0 aromatic heterocycles. The van der Waals surface area contributed by atoms with Crippen LogP contribution in [0, 0.1) is 0 Å². The molecule has 0 atom stereocenters. The summed E-state index contributed by atoms with van der Waals surface area (Å²) < 4.78 is 0. The molecule has 0 aliphatic carbocycles. The molecule has 2 aromatic rings.